The van der Waals surface area contributed by atoms with E-state index in [0.717, 1.165) is 81.5 Å². The third kappa shape index (κ3) is 3.70. The van der Waals surface area contributed by atoms with Gasteiger partial charge in [0.1, 0.15) is 18.0 Å². The molecule has 4 rings (SSSR count). The number of piperazine rings is 1. The number of aromatic nitrogens is 4. The minimum atomic E-state index is 0.758. The summed E-state index contributed by atoms with van der Waals surface area (Å²) in [6, 6.07) is 4.10. The van der Waals surface area contributed by atoms with Crippen molar-refractivity contribution in [3.63, 3.8) is 0 Å². The van der Waals surface area contributed by atoms with Crippen molar-refractivity contribution in [1.29, 1.82) is 0 Å². The van der Waals surface area contributed by atoms with Gasteiger partial charge in [-0.15, -0.1) is 0 Å². The SMILES string of the molecule is Cc1cc(C)nc(N2CCN(c3cc(N4CCOCC4)ncn3)CC2)n1. The molecular formula is C18H25N7O. The molecule has 2 saturated heterocycles. The summed E-state index contributed by atoms with van der Waals surface area (Å²) in [6.45, 7) is 10.9. The van der Waals surface area contributed by atoms with Crippen LogP contribution in [0.3, 0.4) is 0 Å². The van der Waals surface area contributed by atoms with Crippen molar-refractivity contribution in [2.75, 3.05) is 67.2 Å². The van der Waals surface area contributed by atoms with Gasteiger partial charge in [0.2, 0.25) is 5.95 Å². The Hall–Kier alpha value is -2.48. The van der Waals surface area contributed by atoms with Crippen LogP contribution >= 0.6 is 0 Å². The van der Waals surface area contributed by atoms with E-state index in [9.17, 15) is 0 Å². The lowest BCUT2D eigenvalue weighted by Crippen LogP contribution is -2.47. The molecule has 2 fully saturated rings. The highest BCUT2D eigenvalue weighted by Gasteiger charge is 2.21. The number of morpholine rings is 1. The largest absolute Gasteiger partial charge is 0.378 e. The Labute approximate surface area is 153 Å². The maximum atomic E-state index is 5.43. The lowest BCUT2D eigenvalue weighted by molar-refractivity contribution is 0.122. The van der Waals surface area contributed by atoms with Crippen molar-refractivity contribution in [2.24, 2.45) is 0 Å². The summed E-state index contributed by atoms with van der Waals surface area (Å²) in [4.78, 5) is 24.9. The van der Waals surface area contributed by atoms with Gasteiger partial charge in [-0.3, -0.25) is 0 Å². The minimum absolute atomic E-state index is 0.758. The van der Waals surface area contributed by atoms with Crippen LogP contribution in [0.15, 0.2) is 18.5 Å². The Morgan fingerprint density at radius 1 is 0.731 bits per heavy atom. The monoisotopic (exact) mass is 355 g/mol. The number of nitrogens with zero attached hydrogens (tertiary/aromatic N) is 7. The molecule has 0 spiro atoms. The first-order chi connectivity index (χ1) is 12.7. The van der Waals surface area contributed by atoms with Crippen molar-refractivity contribution in [2.45, 2.75) is 13.8 Å². The van der Waals surface area contributed by atoms with Crippen molar-refractivity contribution in [3.05, 3.63) is 29.8 Å². The van der Waals surface area contributed by atoms with E-state index in [1.807, 2.05) is 19.9 Å². The van der Waals surface area contributed by atoms with Crippen molar-refractivity contribution in [1.82, 2.24) is 19.9 Å². The van der Waals surface area contributed by atoms with E-state index in [2.05, 4.69) is 40.7 Å². The summed E-state index contributed by atoms with van der Waals surface area (Å²) < 4.78 is 5.43. The van der Waals surface area contributed by atoms with Gasteiger partial charge in [-0.05, 0) is 19.9 Å². The Kier molecular flexibility index (Phi) is 4.83. The van der Waals surface area contributed by atoms with Crippen LogP contribution in [0.2, 0.25) is 0 Å². The highest BCUT2D eigenvalue weighted by molar-refractivity contribution is 5.51. The molecule has 0 aromatic carbocycles. The third-order valence-corrected chi connectivity index (χ3v) is 4.83. The van der Waals surface area contributed by atoms with Crippen LogP contribution in [-0.4, -0.2) is 72.4 Å². The molecule has 0 saturated carbocycles. The first-order valence-electron chi connectivity index (χ1n) is 9.16. The van der Waals surface area contributed by atoms with Crippen LogP contribution in [0.1, 0.15) is 11.4 Å². The van der Waals surface area contributed by atoms with E-state index in [-0.39, 0.29) is 0 Å². The van der Waals surface area contributed by atoms with E-state index >= 15 is 0 Å². The van der Waals surface area contributed by atoms with E-state index in [4.69, 9.17) is 4.74 Å². The standard InChI is InChI=1S/C18H25N7O/c1-14-11-15(2)22-18(21-14)25-5-3-23(4-6-25)16-12-17(20-13-19-16)24-7-9-26-10-8-24/h11-13H,3-10H2,1-2H3. The quantitative estimate of drug-likeness (QED) is 0.809. The Morgan fingerprint density at radius 2 is 1.27 bits per heavy atom. The number of hydrogen-bond acceptors (Lipinski definition) is 8. The predicted octanol–water partition coefficient (Wildman–Crippen LogP) is 1.05. The Bertz CT molecular complexity index is 735. The number of anilines is 3. The van der Waals surface area contributed by atoms with Crippen molar-refractivity contribution in [3.8, 4) is 0 Å². The highest BCUT2D eigenvalue weighted by Crippen LogP contribution is 2.21. The van der Waals surface area contributed by atoms with Gasteiger partial charge in [-0.1, -0.05) is 0 Å². The van der Waals surface area contributed by atoms with Gasteiger partial charge >= 0.3 is 0 Å². The minimum Gasteiger partial charge on any atom is -0.378 e. The summed E-state index contributed by atoms with van der Waals surface area (Å²) in [5, 5.41) is 0. The molecule has 0 radical (unpaired) electrons. The van der Waals surface area contributed by atoms with Crippen LogP contribution in [0.4, 0.5) is 17.6 Å². The molecule has 0 bridgehead atoms. The lowest BCUT2D eigenvalue weighted by atomic mass is 10.3. The molecule has 0 aliphatic carbocycles. The fourth-order valence-electron chi connectivity index (χ4n) is 3.46. The maximum Gasteiger partial charge on any atom is 0.225 e. The third-order valence-electron chi connectivity index (χ3n) is 4.83. The van der Waals surface area contributed by atoms with Crippen LogP contribution in [-0.2, 0) is 4.74 Å². The normalized spacial score (nSPS) is 18.3. The van der Waals surface area contributed by atoms with E-state index < -0.39 is 0 Å². The number of hydrogen-bond donors (Lipinski definition) is 0. The molecule has 2 aliphatic rings. The van der Waals surface area contributed by atoms with Gasteiger partial charge in [0, 0.05) is 56.7 Å². The molecule has 0 unspecified atom stereocenters. The highest BCUT2D eigenvalue weighted by atomic mass is 16.5. The topological polar surface area (TPSA) is 70.5 Å². The number of ether oxygens (including phenoxy) is 1. The van der Waals surface area contributed by atoms with Gasteiger partial charge < -0.3 is 19.4 Å². The molecule has 138 valence electrons. The van der Waals surface area contributed by atoms with Gasteiger partial charge in [0.25, 0.3) is 0 Å². The zero-order valence-corrected chi connectivity index (χ0v) is 15.4. The summed E-state index contributed by atoms with van der Waals surface area (Å²) in [7, 11) is 0. The van der Waals surface area contributed by atoms with Gasteiger partial charge in [0.05, 0.1) is 13.2 Å². The van der Waals surface area contributed by atoms with Crippen molar-refractivity contribution < 1.29 is 4.74 Å². The first-order valence-corrected chi connectivity index (χ1v) is 9.16. The van der Waals surface area contributed by atoms with E-state index in [1.165, 1.54) is 0 Å². The molecule has 8 nitrogen and oxygen atoms in total. The zero-order valence-electron chi connectivity index (χ0n) is 15.4. The molecule has 4 heterocycles. The number of rotatable bonds is 3. The van der Waals surface area contributed by atoms with E-state index in [1.54, 1.807) is 6.33 Å². The van der Waals surface area contributed by atoms with Crippen molar-refractivity contribution >= 4 is 17.6 Å². The molecule has 2 aromatic heterocycles. The zero-order chi connectivity index (χ0) is 17.9. The second kappa shape index (κ2) is 7.41. The molecule has 2 aromatic rings. The molecular weight excluding hydrogens is 330 g/mol. The smallest absolute Gasteiger partial charge is 0.225 e. The molecule has 2 aliphatic heterocycles. The predicted molar refractivity (Wildman–Crippen MR) is 101 cm³/mol. The summed E-state index contributed by atoms with van der Waals surface area (Å²) in [6.07, 6.45) is 1.67. The van der Waals surface area contributed by atoms with Gasteiger partial charge in [-0.2, -0.15) is 0 Å². The second-order valence-corrected chi connectivity index (χ2v) is 6.76. The van der Waals surface area contributed by atoms with Crippen LogP contribution in [0.25, 0.3) is 0 Å². The lowest BCUT2D eigenvalue weighted by Gasteiger charge is -2.36. The van der Waals surface area contributed by atoms with Crippen LogP contribution in [0.5, 0.6) is 0 Å². The van der Waals surface area contributed by atoms with Gasteiger partial charge in [0.15, 0.2) is 0 Å². The second-order valence-electron chi connectivity index (χ2n) is 6.76. The fourth-order valence-corrected chi connectivity index (χ4v) is 3.46. The molecule has 26 heavy (non-hydrogen) atoms. The average Bonchev–Trinajstić information content (AvgIpc) is 2.68. The maximum absolute atomic E-state index is 5.43. The summed E-state index contributed by atoms with van der Waals surface area (Å²) >= 11 is 0. The molecule has 0 N–H and O–H groups in total. The van der Waals surface area contributed by atoms with Gasteiger partial charge in [-0.25, -0.2) is 19.9 Å². The van der Waals surface area contributed by atoms with Crippen LogP contribution in [0, 0.1) is 13.8 Å². The molecule has 8 heteroatoms. The molecule has 0 amide bonds. The average molecular weight is 355 g/mol. The Balaban J connectivity index is 1.43. The summed E-state index contributed by atoms with van der Waals surface area (Å²) in [5.41, 5.74) is 2.03. The number of aryl methyl sites for hydroxylation is 2. The fraction of sp³-hybridized carbons (Fsp3) is 0.556. The first kappa shape index (κ1) is 17.0. The van der Waals surface area contributed by atoms with E-state index in [0.29, 0.717) is 0 Å². The summed E-state index contributed by atoms with van der Waals surface area (Å²) in [5.74, 6) is 2.81. The van der Waals surface area contributed by atoms with Crippen LogP contribution < -0.4 is 14.7 Å². The Morgan fingerprint density at radius 3 is 1.88 bits per heavy atom. The molecule has 0 atom stereocenters.